The van der Waals surface area contributed by atoms with Crippen LogP contribution in [0.1, 0.15) is 19.2 Å². The maximum absolute atomic E-state index is 11.8. The zero-order valence-corrected chi connectivity index (χ0v) is 11.5. The van der Waals surface area contributed by atoms with E-state index in [1.165, 1.54) is 6.20 Å². The van der Waals surface area contributed by atoms with Crippen LogP contribution in [0.5, 0.6) is 0 Å². The summed E-state index contributed by atoms with van der Waals surface area (Å²) in [5.41, 5.74) is 0. The standard InChI is InChI=1S/C10H17N3O5S/c1-3-13-6-9(12-7(13)2)19(17,18)11-5-4-8(14)10(15)16/h6,8,11,14H,3-5H2,1-2H3,(H,15,16). The zero-order chi connectivity index (χ0) is 14.6. The van der Waals surface area contributed by atoms with Crippen LogP contribution in [-0.2, 0) is 21.4 Å². The molecule has 19 heavy (non-hydrogen) atoms. The van der Waals surface area contributed by atoms with Crippen LogP contribution in [0.25, 0.3) is 0 Å². The van der Waals surface area contributed by atoms with Crippen LogP contribution in [-0.4, -0.2) is 46.8 Å². The van der Waals surface area contributed by atoms with E-state index in [0.29, 0.717) is 12.4 Å². The van der Waals surface area contributed by atoms with Gasteiger partial charge in [0, 0.05) is 19.3 Å². The number of aliphatic carboxylic acids is 1. The lowest BCUT2D eigenvalue weighted by atomic mass is 10.3. The Hall–Kier alpha value is -1.45. The monoisotopic (exact) mass is 291 g/mol. The molecule has 0 saturated carbocycles. The topological polar surface area (TPSA) is 122 Å². The summed E-state index contributed by atoms with van der Waals surface area (Å²) in [5, 5.41) is 17.4. The molecule has 3 N–H and O–H groups in total. The molecule has 0 aliphatic heterocycles. The molecular formula is C10H17N3O5S. The molecule has 1 atom stereocenters. The van der Waals surface area contributed by atoms with Crippen molar-refractivity contribution in [2.75, 3.05) is 6.54 Å². The van der Waals surface area contributed by atoms with E-state index in [1.807, 2.05) is 6.92 Å². The van der Waals surface area contributed by atoms with Gasteiger partial charge in [0.15, 0.2) is 11.1 Å². The van der Waals surface area contributed by atoms with Crippen LogP contribution >= 0.6 is 0 Å². The minimum atomic E-state index is -3.78. The van der Waals surface area contributed by atoms with Gasteiger partial charge in [-0.05, 0) is 20.3 Å². The van der Waals surface area contributed by atoms with Crippen LogP contribution < -0.4 is 4.72 Å². The van der Waals surface area contributed by atoms with Crippen molar-refractivity contribution >= 4 is 16.0 Å². The summed E-state index contributed by atoms with van der Waals surface area (Å²) in [7, 11) is -3.78. The Kier molecular flexibility index (Phi) is 5.04. The molecule has 0 fully saturated rings. The predicted octanol–water partition coefficient (Wildman–Crippen LogP) is -0.675. The Morgan fingerprint density at radius 2 is 2.21 bits per heavy atom. The van der Waals surface area contributed by atoms with Gasteiger partial charge < -0.3 is 14.8 Å². The summed E-state index contributed by atoms with van der Waals surface area (Å²) in [4.78, 5) is 14.3. The van der Waals surface area contributed by atoms with E-state index in [1.54, 1.807) is 11.5 Å². The molecule has 0 radical (unpaired) electrons. The second-order valence-electron chi connectivity index (χ2n) is 3.95. The van der Waals surface area contributed by atoms with Gasteiger partial charge in [0.1, 0.15) is 5.82 Å². The van der Waals surface area contributed by atoms with E-state index in [-0.39, 0.29) is 18.0 Å². The van der Waals surface area contributed by atoms with Crippen LogP contribution in [0.3, 0.4) is 0 Å². The molecule has 0 bridgehead atoms. The summed E-state index contributed by atoms with van der Waals surface area (Å²) in [5.74, 6) is -0.807. The molecule has 0 aliphatic carbocycles. The van der Waals surface area contributed by atoms with Crippen molar-refractivity contribution in [3.63, 3.8) is 0 Å². The second kappa shape index (κ2) is 6.13. The van der Waals surface area contributed by atoms with Gasteiger partial charge in [0.25, 0.3) is 10.0 Å². The molecule has 0 amide bonds. The van der Waals surface area contributed by atoms with Gasteiger partial charge in [-0.3, -0.25) is 0 Å². The minimum Gasteiger partial charge on any atom is -0.479 e. The molecule has 0 saturated heterocycles. The fourth-order valence-corrected chi connectivity index (χ4v) is 2.51. The van der Waals surface area contributed by atoms with Crippen LogP contribution in [0, 0.1) is 6.92 Å². The highest BCUT2D eigenvalue weighted by atomic mass is 32.2. The van der Waals surface area contributed by atoms with Gasteiger partial charge >= 0.3 is 5.97 Å². The molecule has 1 aromatic heterocycles. The zero-order valence-electron chi connectivity index (χ0n) is 10.7. The molecule has 108 valence electrons. The van der Waals surface area contributed by atoms with Gasteiger partial charge in [0.05, 0.1) is 0 Å². The number of carboxylic acids is 1. The number of rotatable bonds is 7. The van der Waals surface area contributed by atoms with Crippen LogP contribution in [0.15, 0.2) is 11.2 Å². The number of aliphatic hydroxyl groups is 1. The third kappa shape index (κ3) is 4.01. The highest BCUT2D eigenvalue weighted by molar-refractivity contribution is 7.89. The van der Waals surface area contributed by atoms with Gasteiger partial charge in [-0.1, -0.05) is 0 Å². The Balaban J connectivity index is 2.68. The average molecular weight is 291 g/mol. The van der Waals surface area contributed by atoms with E-state index in [4.69, 9.17) is 10.2 Å². The maximum atomic E-state index is 11.8. The molecule has 9 heteroatoms. The predicted molar refractivity (Wildman–Crippen MR) is 66.1 cm³/mol. The Morgan fingerprint density at radius 3 is 2.68 bits per heavy atom. The van der Waals surface area contributed by atoms with Gasteiger partial charge in [-0.25, -0.2) is 22.9 Å². The lowest BCUT2D eigenvalue weighted by Crippen LogP contribution is -2.30. The van der Waals surface area contributed by atoms with E-state index in [9.17, 15) is 13.2 Å². The van der Waals surface area contributed by atoms with E-state index in [0.717, 1.165) is 0 Å². The fraction of sp³-hybridized carbons (Fsp3) is 0.600. The molecule has 1 heterocycles. The highest BCUT2D eigenvalue weighted by Gasteiger charge is 2.20. The Bertz CT molecular complexity index is 552. The largest absolute Gasteiger partial charge is 0.479 e. The first-order valence-corrected chi connectivity index (χ1v) is 7.20. The lowest BCUT2D eigenvalue weighted by molar-refractivity contribution is -0.146. The van der Waals surface area contributed by atoms with Gasteiger partial charge in [-0.2, -0.15) is 0 Å². The summed E-state index contributed by atoms with van der Waals surface area (Å²) in [6.45, 7) is 3.98. The molecule has 1 rings (SSSR count). The SMILES string of the molecule is CCn1cc(S(=O)(=O)NCCC(O)C(=O)O)nc1C. The molecule has 1 aromatic rings. The number of aromatic nitrogens is 2. The van der Waals surface area contributed by atoms with E-state index in [2.05, 4.69) is 9.71 Å². The number of aliphatic hydroxyl groups excluding tert-OH is 1. The first-order valence-electron chi connectivity index (χ1n) is 5.72. The number of carbonyl (C=O) groups is 1. The van der Waals surface area contributed by atoms with E-state index < -0.39 is 22.1 Å². The third-order valence-corrected chi connectivity index (χ3v) is 3.90. The van der Waals surface area contributed by atoms with Gasteiger partial charge in [0.2, 0.25) is 0 Å². The minimum absolute atomic E-state index is 0.114. The van der Waals surface area contributed by atoms with Crippen molar-refractivity contribution in [2.24, 2.45) is 0 Å². The first kappa shape index (κ1) is 15.6. The Labute approximate surface area is 111 Å². The van der Waals surface area contributed by atoms with Crippen molar-refractivity contribution in [1.82, 2.24) is 14.3 Å². The smallest absolute Gasteiger partial charge is 0.332 e. The molecule has 1 unspecified atom stereocenters. The number of aryl methyl sites for hydroxylation is 2. The summed E-state index contributed by atoms with van der Waals surface area (Å²) >= 11 is 0. The normalized spacial score (nSPS) is 13.4. The molecule has 0 aromatic carbocycles. The number of nitrogens with zero attached hydrogens (tertiary/aromatic N) is 2. The highest BCUT2D eigenvalue weighted by Crippen LogP contribution is 2.08. The lowest BCUT2D eigenvalue weighted by Gasteiger charge is -2.06. The number of hydrogen-bond donors (Lipinski definition) is 3. The van der Waals surface area contributed by atoms with Crippen LogP contribution in [0.2, 0.25) is 0 Å². The van der Waals surface area contributed by atoms with Crippen LogP contribution in [0.4, 0.5) is 0 Å². The summed E-state index contributed by atoms with van der Waals surface area (Å²) in [6, 6.07) is 0. The maximum Gasteiger partial charge on any atom is 0.332 e. The fourth-order valence-electron chi connectivity index (χ4n) is 1.46. The van der Waals surface area contributed by atoms with Crippen molar-refractivity contribution < 1.29 is 23.4 Å². The van der Waals surface area contributed by atoms with Crippen molar-refractivity contribution in [2.45, 2.75) is 37.9 Å². The quantitative estimate of drug-likeness (QED) is 0.612. The van der Waals surface area contributed by atoms with Crippen molar-refractivity contribution in [1.29, 1.82) is 0 Å². The summed E-state index contributed by atoms with van der Waals surface area (Å²) < 4.78 is 27.6. The number of hydrogen-bond acceptors (Lipinski definition) is 5. The average Bonchev–Trinajstić information content (AvgIpc) is 2.70. The van der Waals surface area contributed by atoms with Crippen molar-refractivity contribution in [3.05, 3.63) is 12.0 Å². The number of imidazole rings is 1. The number of nitrogens with one attached hydrogen (secondary N) is 1. The summed E-state index contributed by atoms with van der Waals surface area (Å²) in [6.07, 6.45) is -0.384. The molecule has 8 nitrogen and oxygen atoms in total. The number of sulfonamides is 1. The van der Waals surface area contributed by atoms with E-state index >= 15 is 0 Å². The molecule has 0 spiro atoms. The number of carboxylic acid groups (broad SMARTS) is 1. The first-order chi connectivity index (χ1) is 8.77. The third-order valence-electron chi connectivity index (χ3n) is 2.56. The molecule has 0 aliphatic rings. The van der Waals surface area contributed by atoms with Gasteiger partial charge in [-0.15, -0.1) is 0 Å². The Morgan fingerprint density at radius 1 is 1.58 bits per heavy atom. The van der Waals surface area contributed by atoms with Crippen molar-refractivity contribution in [3.8, 4) is 0 Å². The second-order valence-corrected chi connectivity index (χ2v) is 5.67. The molecular weight excluding hydrogens is 274 g/mol.